The molecule has 1 saturated heterocycles. The Hall–Kier alpha value is -3.74. The van der Waals surface area contributed by atoms with E-state index >= 15 is 0 Å². The number of hydrogen-bond acceptors (Lipinski definition) is 8. The van der Waals surface area contributed by atoms with Crippen LogP contribution in [0.15, 0.2) is 76.5 Å². The minimum absolute atomic E-state index is 0.0767. The maximum Gasteiger partial charge on any atom is 0.339 e. The standard InChI is InChI=1S/C23H14ClFN2O7S2/c24-20-11-16(25)8-7-15(20)13-26-22(28)21(35-23(26)29)10-14-3-1-5-18(9-14)34-36(32,33)19-6-2-4-17(12-19)27(30)31/h1-12H,13H2/b21-10-. The van der Waals surface area contributed by atoms with Crippen LogP contribution in [0.5, 0.6) is 5.75 Å². The summed E-state index contributed by atoms with van der Waals surface area (Å²) in [6.07, 6.45) is 1.39. The van der Waals surface area contributed by atoms with E-state index in [1.807, 2.05) is 0 Å². The predicted molar refractivity (Wildman–Crippen MR) is 130 cm³/mol. The highest BCUT2D eigenvalue weighted by molar-refractivity contribution is 8.18. The number of thioether (sulfide) groups is 1. The first-order valence-corrected chi connectivity index (χ1v) is 12.6. The molecule has 0 saturated carbocycles. The number of nitro benzene ring substituents is 1. The van der Waals surface area contributed by atoms with Gasteiger partial charge in [-0.3, -0.25) is 24.6 Å². The average Bonchev–Trinajstić information content (AvgIpc) is 3.08. The zero-order valence-corrected chi connectivity index (χ0v) is 20.3. The first kappa shape index (κ1) is 25.4. The summed E-state index contributed by atoms with van der Waals surface area (Å²) in [4.78, 5) is 36.1. The Morgan fingerprint density at radius 1 is 1.08 bits per heavy atom. The van der Waals surface area contributed by atoms with Crippen molar-refractivity contribution in [3.05, 3.63) is 104 Å². The minimum Gasteiger partial charge on any atom is -0.379 e. The minimum atomic E-state index is -4.38. The number of benzene rings is 3. The van der Waals surface area contributed by atoms with Gasteiger partial charge in [-0.1, -0.05) is 35.9 Å². The monoisotopic (exact) mass is 548 g/mol. The normalized spacial score (nSPS) is 14.9. The van der Waals surface area contributed by atoms with Gasteiger partial charge in [0, 0.05) is 17.2 Å². The lowest BCUT2D eigenvalue weighted by Gasteiger charge is -2.13. The van der Waals surface area contributed by atoms with Crippen molar-refractivity contribution in [1.29, 1.82) is 0 Å². The van der Waals surface area contributed by atoms with Crippen molar-refractivity contribution in [2.45, 2.75) is 11.4 Å². The van der Waals surface area contributed by atoms with Gasteiger partial charge in [0.05, 0.1) is 16.4 Å². The van der Waals surface area contributed by atoms with Gasteiger partial charge in [0.1, 0.15) is 16.5 Å². The first-order chi connectivity index (χ1) is 17.0. The number of halogens is 2. The van der Waals surface area contributed by atoms with Gasteiger partial charge in [0.15, 0.2) is 0 Å². The zero-order chi connectivity index (χ0) is 26.0. The second kappa shape index (κ2) is 10.1. The van der Waals surface area contributed by atoms with Crippen molar-refractivity contribution < 1.29 is 31.5 Å². The molecule has 0 atom stereocenters. The summed E-state index contributed by atoms with van der Waals surface area (Å²) in [5, 5.41) is 10.5. The van der Waals surface area contributed by atoms with Crippen LogP contribution < -0.4 is 4.18 Å². The van der Waals surface area contributed by atoms with Crippen molar-refractivity contribution in [1.82, 2.24) is 4.90 Å². The summed E-state index contributed by atoms with van der Waals surface area (Å²) < 4.78 is 43.6. The van der Waals surface area contributed by atoms with Crippen LogP contribution in [0.3, 0.4) is 0 Å². The summed E-state index contributed by atoms with van der Waals surface area (Å²) >= 11 is 6.68. The molecular weight excluding hydrogens is 535 g/mol. The molecule has 0 spiro atoms. The van der Waals surface area contributed by atoms with Gasteiger partial charge < -0.3 is 4.18 Å². The molecule has 1 heterocycles. The SMILES string of the molecule is O=C1S/C(=C\c2cccc(OS(=O)(=O)c3cccc([N+](=O)[O-])c3)c2)C(=O)N1Cc1ccc(F)cc1Cl. The number of nitrogens with zero attached hydrogens (tertiary/aromatic N) is 2. The lowest BCUT2D eigenvalue weighted by Crippen LogP contribution is -2.27. The molecule has 2 amide bonds. The van der Waals surface area contributed by atoms with Crippen molar-refractivity contribution in [2.75, 3.05) is 0 Å². The van der Waals surface area contributed by atoms with E-state index in [1.165, 1.54) is 42.5 Å². The van der Waals surface area contributed by atoms with Crippen LogP contribution in [0.25, 0.3) is 6.08 Å². The van der Waals surface area contributed by atoms with E-state index in [0.717, 1.165) is 29.2 Å². The van der Waals surface area contributed by atoms with E-state index in [0.29, 0.717) is 22.9 Å². The number of amides is 2. The van der Waals surface area contributed by atoms with E-state index in [-0.39, 0.29) is 22.2 Å². The van der Waals surface area contributed by atoms with Crippen molar-refractivity contribution in [2.24, 2.45) is 0 Å². The van der Waals surface area contributed by atoms with Gasteiger partial charge >= 0.3 is 10.1 Å². The molecule has 0 bridgehead atoms. The Balaban J connectivity index is 1.54. The maximum atomic E-state index is 13.3. The summed E-state index contributed by atoms with van der Waals surface area (Å²) in [5.41, 5.74) is 0.349. The highest BCUT2D eigenvalue weighted by Crippen LogP contribution is 2.35. The Labute approximate surface area is 213 Å². The van der Waals surface area contributed by atoms with Crippen LogP contribution in [0.2, 0.25) is 5.02 Å². The van der Waals surface area contributed by atoms with E-state index in [2.05, 4.69) is 0 Å². The van der Waals surface area contributed by atoms with Crippen LogP contribution in [0, 0.1) is 15.9 Å². The second-order valence-corrected chi connectivity index (χ2v) is 10.3. The molecule has 13 heteroatoms. The molecule has 1 aliphatic rings. The van der Waals surface area contributed by atoms with Gasteiger partial charge in [-0.05, 0) is 59.3 Å². The van der Waals surface area contributed by atoms with Crippen molar-refractivity contribution in [3.8, 4) is 5.75 Å². The van der Waals surface area contributed by atoms with E-state index in [9.17, 15) is 32.5 Å². The molecule has 4 rings (SSSR count). The molecule has 0 radical (unpaired) electrons. The molecule has 3 aromatic carbocycles. The maximum absolute atomic E-state index is 13.3. The van der Waals surface area contributed by atoms with Gasteiger partial charge in [-0.2, -0.15) is 8.42 Å². The Morgan fingerprint density at radius 3 is 2.56 bits per heavy atom. The fourth-order valence-electron chi connectivity index (χ4n) is 3.19. The second-order valence-electron chi connectivity index (χ2n) is 7.37. The number of nitro groups is 1. The molecule has 0 aromatic heterocycles. The lowest BCUT2D eigenvalue weighted by atomic mass is 10.2. The van der Waals surface area contributed by atoms with Crippen LogP contribution in [-0.4, -0.2) is 29.4 Å². The van der Waals surface area contributed by atoms with Gasteiger partial charge in [0.2, 0.25) is 0 Å². The quantitative estimate of drug-likeness (QED) is 0.166. The summed E-state index contributed by atoms with van der Waals surface area (Å²) in [5.74, 6) is -1.25. The summed E-state index contributed by atoms with van der Waals surface area (Å²) in [7, 11) is -4.38. The van der Waals surface area contributed by atoms with Crippen LogP contribution in [-0.2, 0) is 21.5 Å². The molecule has 1 aliphatic heterocycles. The summed E-state index contributed by atoms with van der Waals surface area (Å²) in [6.45, 7) is -0.147. The highest BCUT2D eigenvalue weighted by atomic mass is 35.5. The fourth-order valence-corrected chi connectivity index (χ4v) is 5.22. The number of carbonyl (C=O) groups is 2. The van der Waals surface area contributed by atoms with Crippen LogP contribution in [0.1, 0.15) is 11.1 Å². The number of imide groups is 1. The number of rotatable bonds is 7. The molecule has 3 aromatic rings. The Kier molecular flexibility index (Phi) is 7.11. The molecule has 9 nitrogen and oxygen atoms in total. The molecule has 36 heavy (non-hydrogen) atoms. The van der Waals surface area contributed by atoms with Gasteiger partial charge in [-0.25, -0.2) is 4.39 Å². The van der Waals surface area contributed by atoms with Gasteiger partial charge in [0.25, 0.3) is 16.8 Å². The average molecular weight is 549 g/mol. The molecule has 0 aliphatic carbocycles. The molecule has 1 fully saturated rings. The van der Waals surface area contributed by atoms with E-state index in [1.54, 1.807) is 6.07 Å². The highest BCUT2D eigenvalue weighted by Gasteiger charge is 2.35. The van der Waals surface area contributed by atoms with E-state index in [4.69, 9.17) is 15.8 Å². The summed E-state index contributed by atoms with van der Waals surface area (Å²) in [6, 6.07) is 13.8. The number of non-ortho nitro benzene ring substituents is 1. The predicted octanol–water partition coefficient (Wildman–Crippen LogP) is 5.39. The Morgan fingerprint density at radius 2 is 1.83 bits per heavy atom. The number of hydrogen-bond donors (Lipinski definition) is 0. The molecule has 184 valence electrons. The molecular formula is C23H14ClFN2O7S2. The lowest BCUT2D eigenvalue weighted by molar-refractivity contribution is -0.385. The third-order valence-corrected chi connectivity index (χ3v) is 7.40. The third kappa shape index (κ3) is 5.56. The largest absolute Gasteiger partial charge is 0.379 e. The fraction of sp³-hybridized carbons (Fsp3) is 0.0435. The first-order valence-electron chi connectivity index (χ1n) is 10.0. The Bertz CT molecular complexity index is 1540. The zero-order valence-electron chi connectivity index (χ0n) is 18.0. The topological polar surface area (TPSA) is 124 Å². The van der Waals surface area contributed by atoms with Gasteiger partial charge in [-0.15, -0.1) is 0 Å². The van der Waals surface area contributed by atoms with E-state index < -0.39 is 42.6 Å². The molecule has 0 N–H and O–H groups in total. The molecule has 0 unspecified atom stereocenters. The van der Waals surface area contributed by atoms with Crippen molar-refractivity contribution in [3.63, 3.8) is 0 Å². The van der Waals surface area contributed by atoms with Crippen LogP contribution >= 0.6 is 23.4 Å². The number of carbonyl (C=O) groups excluding carboxylic acids is 2. The van der Waals surface area contributed by atoms with Crippen LogP contribution in [0.4, 0.5) is 14.9 Å². The third-order valence-electron chi connectivity index (χ3n) is 4.90. The van der Waals surface area contributed by atoms with Crippen molar-refractivity contribution >= 4 is 56.4 Å². The smallest absolute Gasteiger partial charge is 0.339 e.